The first kappa shape index (κ1) is 28.8. The van der Waals surface area contributed by atoms with E-state index in [9.17, 15) is 18.0 Å². The zero-order chi connectivity index (χ0) is 29.7. The van der Waals surface area contributed by atoms with Gasteiger partial charge in [0.2, 0.25) is 5.43 Å². The summed E-state index contributed by atoms with van der Waals surface area (Å²) in [5.41, 5.74) is 3.42. The highest BCUT2D eigenvalue weighted by atomic mass is 32.2. The van der Waals surface area contributed by atoms with Crippen molar-refractivity contribution in [2.45, 2.75) is 31.7 Å². The van der Waals surface area contributed by atoms with Crippen LogP contribution in [0.1, 0.15) is 34.0 Å². The Labute approximate surface area is 246 Å². The summed E-state index contributed by atoms with van der Waals surface area (Å²) in [4.78, 5) is 32.3. The summed E-state index contributed by atoms with van der Waals surface area (Å²) in [5.74, 6) is -0.416. The molecule has 0 unspecified atom stereocenters. The number of aromatic nitrogens is 1. The highest BCUT2D eigenvalue weighted by Crippen LogP contribution is 2.26. The minimum absolute atomic E-state index is 0.0151. The van der Waals surface area contributed by atoms with Crippen LogP contribution < -0.4 is 9.73 Å². The van der Waals surface area contributed by atoms with Crippen LogP contribution in [-0.4, -0.2) is 37.3 Å². The second-order valence-electron chi connectivity index (χ2n) is 10.2. The van der Waals surface area contributed by atoms with Gasteiger partial charge in [-0.2, -0.15) is 0 Å². The van der Waals surface area contributed by atoms with E-state index in [1.807, 2.05) is 85.8 Å². The van der Waals surface area contributed by atoms with Gasteiger partial charge in [0.15, 0.2) is 0 Å². The zero-order valence-corrected chi connectivity index (χ0v) is 24.5. The van der Waals surface area contributed by atoms with Gasteiger partial charge in [0, 0.05) is 36.7 Å². The maximum atomic E-state index is 13.9. The minimum atomic E-state index is -3.97. The molecule has 0 saturated heterocycles. The predicted molar refractivity (Wildman–Crippen MR) is 167 cm³/mol. The maximum Gasteiger partial charge on any atom is 0.264 e. The highest BCUT2D eigenvalue weighted by molar-refractivity contribution is 7.92. The topological polar surface area (TPSA) is 90.6 Å². The molecular formula is C34H33N3O4S. The van der Waals surface area contributed by atoms with Crippen molar-refractivity contribution in [1.29, 1.82) is 0 Å². The van der Waals surface area contributed by atoms with Crippen molar-refractivity contribution in [2.24, 2.45) is 0 Å². The van der Waals surface area contributed by atoms with Gasteiger partial charge >= 0.3 is 0 Å². The van der Waals surface area contributed by atoms with Crippen molar-refractivity contribution in [2.75, 3.05) is 17.4 Å². The van der Waals surface area contributed by atoms with Gasteiger partial charge in [-0.05, 0) is 67.3 Å². The Morgan fingerprint density at radius 2 is 1.52 bits per heavy atom. The number of aryl methyl sites for hydroxylation is 1. The summed E-state index contributed by atoms with van der Waals surface area (Å²) in [6.07, 6.45) is 2.05. The lowest BCUT2D eigenvalue weighted by Gasteiger charge is -2.24. The standard InChI is InChI=1S/C34H33N3O4S/c1-3-37(28-16-10-11-25(2)21-28)42(40,41)29-17-18-32-30(22-29)33(38)31(23-35-32)34(39)36(24-27-14-8-5-9-15-27)20-19-26-12-6-4-7-13-26/h4-18,21-23H,3,19-20,24H2,1-2H3,(H,35,38). The Balaban J connectivity index is 1.51. The van der Waals surface area contributed by atoms with E-state index in [1.165, 1.54) is 22.6 Å². The summed E-state index contributed by atoms with van der Waals surface area (Å²) in [5, 5.41) is 0.143. The molecule has 1 N–H and O–H groups in total. The molecule has 5 rings (SSSR count). The summed E-state index contributed by atoms with van der Waals surface area (Å²) < 4.78 is 28.8. The molecule has 5 aromatic rings. The number of rotatable bonds is 10. The lowest BCUT2D eigenvalue weighted by molar-refractivity contribution is 0.0743. The lowest BCUT2D eigenvalue weighted by atomic mass is 10.1. The molecule has 8 heteroatoms. The molecule has 0 aliphatic carbocycles. The highest BCUT2D eigenvalue weighted by Gasteiger charge is 2.26. The number of hydrogen-bond acceptors (Lipinski definition) is 4. The average molecular weight is 580 g/mol. The van der Waals surface area contributed by atoms with Gasteiger partial charge in [-0.25, -0.2) is 8.42 Å². The van der Waals surface area contributed by atoms with E-state index in [2.05, 4.69) is 4.98 Å². The van der Waals surface area contributed by atoms with Crippen LogP contribution in [-0.2, 0) is 23.0 Å². The van der Waals surface area contributed by atoms with Gasteiger partial charge in [0.1, 0.15) is 5.56 Å². The molecular weight excluding hydrogens is 546 g/mol. The normalized spacial score (nSPS) is 11.4. The number of carbonyl (C=O) groups excluding carboxylic acids is 1. The first-order valence-corrected chi connectivity index (χ1v) is 15.3. The van der Waals surface area contributed by atoms with Crippen LogP contribution in [0.25, 0.3) is 10.9 Å². The molecule has 0 atom stereocenters. The van der Waals surface area contributed by atoms with Crippen LogP contribution in [0.3, 0.4) is 0 Å². The van der Waals surface area contributed by atoms with Crippen LogP contribution in [0.4, 0.5) is 5.69 Å². The Bertz CT molecular complexity index is 1870. The molecule has 0 bridgehead atoms. The van der Waals surface area contributed by atoms with Crippen LogP contribution in [0.2, 0.25) is 0 Å². The zero-order valence-electron chi connectivity index (χ0n) is 23.7. The number of amides is 1. The smallest absolute Gasteiger partial charge is 0.264 e. The van der Waals surface area contributed by atoms with Gasteiger partial charge in [-0.1, -0.05) is 72.8 Å². The Hall–Kier alpha value is -4.69. The number of anilines is 1. The van der Waals surface area contributed by atoms with Gasteiger partial charge in [-0.3, -0.25) is 13.9 Å². The second kappa shape index (κ2) is 12.4. The molecule has 4 aromatic carbocycles. The summed E-state index contributed by atoms with van der Waals surface area (Å²) in [7, 11) is -3.97. The second-order valence-corrected chi connectivity index (χ2v) is 12.1. The molecule has 1 amide bonds. The fourth-order valence-electron chi connectivity index (χ4n) is 5.05. The number of fused-ring (bicyclic) bond motifs is 1. The molecule has 1 aromatic heterocycles. The number of hydrogen-bond donors (Lipinski definition) is 1. The van der Waals surface area contributed by atoms with Crippen molar-refractivity contribution in [3.05, 3.63) is 142 Å². The summed E-state index contributed by atoms with van der Waals surface area (Å²) in [6.45, 7) is 4.63. The third-order valence-corrected chi connectivity index (χ3v) is 9.16. The van der Waals surface area contributed by atoms with E-state index in [4.69, 9.17) is 0 Å². The van der Waals surface area contributed by atoms with E-state index >= 15 is 0 Å². The number of H-pyrrole nitrogens is 1. The number of nitrogens with one attached hydrogen (secondary N) is 1. The van der Waals surface area contributed by atoms with E-state index in [0.29, 0.717) is 30.7 Å². The third-order valence-electron chi connectivity index (χ3n) is 7.26. The van der Waals surface area contributed by atoms with Crippen molar-refractivity contribution < 1.29 is 13.2 Å². The number of nitrogens with zero attached hydrogens (tertiary/aromatic N) is 2. The Morgan fingerprint density at radius 3 is 2.19 bits per heavy atom. The maximum absolute atomic E-state index is 13.9. The van der Waals surface area contributed by atoms with Crippen LogP contribution in [0.5, 0.6) is 0 Å². The molecule has 0 aliphatic rings. The Morgan fingerprint density at radius 1 is 0.833 bits per heavy atom. The number of sulfonamides is 1. The van der Waals surface area contributed by atoms with Crippen LogP contribution in [0.15, 0.2) is 119 Å². The van der Waals surface area contributed by atoms with Crippen molar-refractivity contribution >= 4 is 32.5 Å². The molecule has 214 valence electrons. The molecule has 7 nitrogen and oxygen atoms in total. The van der Waals surface area contributed by atoms with Crippen LogP contribution >= 0.6 is 0 Å². The summed E-state index contributed by atoms with van der Waals surface area (Å²) in [6, 6.07) is 31.2. The lowest BCUT2D eigenvalue weighted by Crippen LogP contribution is -2.35. The van der Waals surface area contributed by atoms with Crippen LogP contribution in [0, 0.1) is 6.92 Å². The van der Waals surface area contributed by atoms with Crippen molar-refractivity contribution in [1.82, 2.24) is 9.88 Å². The fourth-order valence-corrected chi connectivity index (χ4v) is 6.55. The van der Waals surface area contributed by atoms with Crippen molar-refractivity contribution in [3.8, 4) is 0 Å². The van der Waals surface area contributed by atoms with E-state index in [1.54, 1.807) is 24.0 Å². The molecule has 0 spiro atoms. The number of pyridine rings is 1. The SMILES string of the molecule is CCN(c1cccc(C)c1)S(=O)(=O)c1ccc2[nH]cc(C(=O)N(CCc3ccccc3)Cc3ccccc3)c(=O)c2c1. The molecule has 0 fully saturated rings. The number of aromatic amines is 1. The third kappa shape index (κ3) is 6.14. The van der Waals surface area contributed by atoms with Gasteiger partial charge in [0.05, 0.1) is 10.6 Å². The largest absolute Gasteiger partial charge is 0.360 e. The molecule has 0 saturated carbocycles. The monoisotopic (exact) mass is 579 g/mol. The minimum Gasteiger partial charge on any atom is -0.360 e. The van der Waals surface area contributed by atoms with E-state index in [0.717, 1.165) is 16.7 Å². The quantitative estimate of drug-likeness (QED) is 0.222. The van der Waals surface area contributed by atoms with Gasteiger partial charge in [-0.15, -0.1) is 0 Å². The fraction of sp³-hybridized carbons (Fsp3) is 0.176. The molecule has 0 radical (unpaired) electrons. The first-order chi connectivity index (χ1) is 20.3. The average Bonchev–Trinajstić information content (AvgIpc) is 3.00. The Kier molecular flexibility index (Phi) is 8.54. The molecule has 1 heterocycles. The van der Waals surface area contributed by atoms with E-state index < -0.39 is 21.4 Å². The predicted octanol–water partition coefficient (Wildman–Crippen LogP) is 5.94. The van der Waals surface area contributed by atoms with E-state index in [-0.39, 0.29) is 22.4 Å². The number of benzene rings is 4. The van der Waals surface area contributed by atoms with Crippen molar-refractivity contribution in [3.63, 3.8) is 0 Å². The summed E-state index contributed by atoms with van der Waals surface area (Å²) >= 11 is 0. The molecule has 0 aliphatic heterocycles. The molecule has 42 heavy (non-hydrogen) atoms. The number of carbonyl (C=O) groups is 1. The first-order valence-electron chi connectivity index (χ1n) is 13.9. The van der Waals surface area contributed by atoms with Gasteiger partial charge in [0.25, 0.3) is 15.9 Å². The van der Waals surface area contributed by atoms with Gasteiger partial charge < -0.3 is 9.88 Å².